The summed E-state index contributed by atoms with van der Waals surface area (Å²) in [7, 11) is 0. The second-order valence-electron chi connectivity index (χ2n) is 6.15. The van der Waals surface area contributed by atoms with Gasteiger partial charge in [0.25, 0.3) is 5.91 Å². The maximum Gasteiger partial charge on any atom is 0.261 e. The number of hydrogen-bond acceptors (Lipinski definition) is 2. The van der Waals surface area contributed by atoms with E-state index in [9.17, 15) is 9.18 Å². The fourth-order valence-electron chi connectivity index (χ4n) is 2.90. The number of amides is 1. The van der Waals surface area contributed by atoms with Crippen LogP contribution in [0.2, 0.25) is 0 Å². The zero-order valence-electron chi connectivity index (χ0n) is 15.0. The Morgan fingerprint density at radius 3 is 2.50 bits per heavy atom. The van der Waals surface area contributed by atoms with Gasteiger partial charge in [-0.1, -0.05) is 43.7 Å². The number of benzene rings is 2. The molecule has 0 fully saturated rings. The van der Waals surface area contributed by atoms with Crippen LogP contribution < -0.4 is 4.90 Å². The van der Waals surface area contributed by atoms with Crippen molar-refractivity contribution in [3.05, 3.63) is 77.9 Å². The van der Waals surface area contributed by atoms with Crippen LogP contribution in [-0.2, 0) is 0 Å². The molecule has 0 bridgehead atoms. The van der Waals surface area contributed by atoms with Crippen LogP contribution in [0.4, 0.5) is 10.1 Å². The second-order valence-corrected chi connectivity index (χ2v) is 6.15. The molecule has 3 aromatic rings. The molecule has 4 nitrogen and oxygen atoms in total. The SMILES string of the molecule is CCCCN(C(=O)c1cnn(-c2ccccc2F)c1C)c1ccccc1. The highest BCUT2D eigenvalue weighted by atomic mass is 19.1. The van der Waals surface area contributed by atoms with E-state index < -0.39 is 0 Å². The van der Waals surface area contributed by atoms with E-state index in [4.69, 9.17) is 0 Å². The zero-order chi connectivity index (χ0) is 18.5. The van der Waals surface area contributed by atoms with Crippen LogP contribution in [0.25, 0.3) is 5.69 Å². The molecule has 0 atom stereocenters. The first-order valence-corrected chi connectivity index (χ1v) is 8.80. The van der Waals surface area contributed by atoms with Gasteiger partial charge in [0.05, 0.1) is 17.5 Å². The molecule has 0 radical (unpaired) electrons. The van der Waals surface area contributed by atoms with Crippen LogP contribution in [0.5, 0.6) is 0 Å². The minimum Gasteiger partial charge on any atom is -0.308 e. The topological polar surface area (TPSA) is 38.1 Å². The summed E-state index contributed by atoms with van der Waals surface area (Å²) in [6.45, 7) is 4.51. The van der Waals surface area contributed by atoms with Gasteiger partial charge in [-0.05, 0) is 37.6 Å². The highest BCUT2D eigenvalue weighted by Gasteiger charge is 2.22. The fourth-order valence-corrected chi connectivity index (χ4v) is 2.90. The van der Waals surface area contributed by atoms with Gasteiger partial charge in [0.1, 0.15) is 11.5 Å². The highest BCUT2D eigenvalue weighted by Crippen LogP contribution is 2.22. The fraction of sp³-hybridized carbons (Fsp3) is 0.238. The van der Waals surface area contributed by atoms with Gasteiger partial charge in [0.2, 0.25) is 0 Å². The van der Waals surface area contributed by atoms with Gasteiger partial charge in [-0.3, -0.25) is 4.79 Å². The van der Waals surface area contributed by atoms with E-state index in [0.29, 0.717) is 23.5 Å². The van der Waals surface area contributed by atoms with Gasteiger partial charge >= 0.3 is 0 Å². The summed E-state index contributed by atoms with van der Waals surface area (Å²) < 4.78 is 15.6. The molecule has 0 aliphatic rings. The molecule has 1 amide bonds. The van der Waals surface area contributed by atoms with Gasteiger partial charge in [0, 0.05) is 12.2 Å². The molecule has 0 saturated carbocycles. The lowest BCUT2D eigenvalue weighted by atomic mass is 10.2. The molecule has 0 N–H and O–H groups in total. The number of hydrogen-bond donors (Lipinski definition) is 0. The maximum atomic E-state index is 14.1. The lowest BCUT2D eigenvalue weighted by molar-refractivity contribution is 0.0986. The Balaban J connectivity index is 1.97. The third-order valence-electron chi connectivity index (χ3n) is 4.37. The summed E-state index contributed by atoms with van der Waals surface area (Å²) >= 11 is 0. The summed E-state index contributed by atoms with van der Waals surface area (Å²) in [5, 5.41) is 4.25. The van der Waals surface area contributed by atoms with E-state index in [-0.39, 0.29) is 11.7 Å². The molecule has 134 valence electrons. The van der Waals surface area contributed by atoms with Crippen molar-refractivity contribution < 1.29 is 9.18 Å². The Morgan fingerprint density at radius 1 is 1.12 bits per heavy atom. The molecule has 0 aliphatic heterocycles. The van der Waals surface area contributed by atoms with Gasteiger partial charge in [-0.25, -0.2) is 9.07 Å². The van der Waals surface area contributed by atoms with Crippen LogP contribution in [0.15, 0.2) is 60.8 Å². The Hall–Kier alpha value is -2.95. The van der Waals surface area contributed by atoms with Crippen molar-refractivity contribution in [2.75, 3.05) is 11.4 Å². The van der Waals surface area contributed by atoms with Crippen molar-refractivity contribution in [1.29, 1.82) is 0 Å². The normalized spacial score (nSPS) is 10.7. The standard InChI is InChI=1S/C21H22FN3O/c1-3-4-14-24(17-10-6-5-7-11-17)21(26)18-15-23-25(16(18)2)20-13-9-8-12-19(20)22/h5-13,15H,3-4,14H2,1-2H3. The molecule has 0 unspecified atom stereocenters. The molecule has 26 heavy (non-hydrogen) atoms. The molecule has 1 aromatic heterocycles. The molecule has 0 saturated heterocycles. The Kier molecular flexibility index (Phi) is 5.46. The van der Waals surface area contributed by atoms with Crippen molar-refractivity contribution in [3.63, 3.8) is 0 Å². The van der Waals surface area contributed by atoms with Crippen LogP contribution in [-0.4, -0.2) is 22.2 Å². The average molecular weight is 351 g/mol. The summed E-state index contributed by atoms with van der Waals surface area (Å²) in [5.41, 5.74) is 2.29. The van der Waals surface area contributed by atoms with Crippen molar-refractivity contribution in [1.82, 2.24) is 9.78 Å². The quantitative estimate of drug-likeness (QED) is 0.642. The molecule has 1 heterocycles. The number of anilines is 1. The van der Waals surface area contributed by atoms with E-state index in [0.717, 1.165) is 18.5 Å². The number of carbonyl (C=O) groups excluding carboxylic acids is 1. The predicted molar refractivity (Wildman–Crippen MR) is 101 cm³/mol. The molecule has 0 aliphatic carbocycles. The second kappa shape index (κ2) is 7.95. The number of unbranched alkanes of at least 4 members (excludes halogenated alkanes) is 1. The third-order valence-corrected chi connectivity index (χ3v) is 4.37. The minimum atomic E-state index is -0.372. The lowest BCUT2D eigenvalue weighted by Crippen LogP contribution is -2.32. The van der Waals surface area contributed by atoms with E-state index in [1.807, 2.05) is 30.3 Å². The van der Waals surface area contributed by atoms with E-state index in [1.165, 1.54) is 16.9 Å². The smallest absolute Gasteiger partial charge is 0.261 e. The van der Waals surface area contributed by atoms with Crippen LogP contribution >= 0.6 is 0 Å². The maximum absolute atomic E-state index is 14.1. The average Bonchev–Trinajstić information content (AvgIpc) is 3.04. The van der Waals surface area contributed by atoms with Gasteiger partial charge in [0.15, 0.2) is 0 Å². The summed E-state index contributed by atoms with van der Waals surface area (Å²) in [6.07, 6.45) is 3.41. The van der Waals surface area contributed by atoms with Crippen molar-refractivity contribution >= 4 is 11.6 Å². The number of halogens is 1. The Bertz CT molecular complexity index is 889. The molecule has 2 aromatic carbocycles. The molecular weight excluding hydrogens is 329 g/mol. The summed E-state index contributed by atoms with van der Waals surface area (Å²) in [6, 6.07) is 16.0. The van der Waals surface area contributed by atoms with E-state index in [2.05, 4.69) is 12.0 Å². The summed E-state index contributed by atoms with van der Waals surface area (Å²) in [4.78, 5) is 14.9. The Morgan fingerprint density at radius 2 is 1.81 bits per heavy atom. The van der Waals surface area contributed by atoms with Gasteiger partial charge < -0.3 is 4.90 Å². The third kappa shape index (κ3) is 3.52. The number of rotatable bonds is 6. The number of carbonyl (C=O) groups is 1. The highest BCUT2D eigenvalue weighted by molar-refractivity contribution is 6.06. The molecule has 3 rings (SSSR count). The van der Waals surface area contributed by atoms with Crippen LogP contribution in [0.3, 0.4) is 0 Å². The Labute approximate surface area is 152 Å². The first-order chi connectivity index (χ1) is 12.6. The van der Waals surface area contributed by atoms with Gasteiger partial charge in [-0.2, -0.15) is 5.10 Å². The summed E-state index contributed by atoms with van der Waals surface area (Å²) in [5.74, 6) is -0.492. The zero-order valence-corrected chi connectivity index (χ0v) is 15.0. The molecule has 5 heteroatoms. The lowest BCUT2D eigenvalue weighted by Gasteiger charge is -2.22. The first kappa shape index (κ1) is 17.9. The number of para-hydroxylation sites is 2. The van der Waals surface area contributed by atoms with Gasteiger partial charge in [-0.15, -0.1) is 0 Å². The number of aromatic nitrogens is 2. The van der Waals surface area contributed by atoms with Crippen LogP contribution in [0.1, 0.15) is 35.8 Å². The first-order valence-electron chi connectivity index (χ1n) is 8.80. The van der Waals surface area contributed by atoms with E-state index >= 15 is 0 Å². The van der Waals surface area contributed by atoms with Crippen LogP contribution in [0, 0.1) is 12.7 Å². The monoisotopic (exact) mass is 351 g/mol. The molecule has 0 spiro atoms. The predicted octanol–water partition coefficient (Wildman–Crippen LogP) is 4.77. The van der Waals surface area contributed by atoms with Crippen molar-refractivity contribution in [2.45, 2.75) is 26.7 Å². The minimum absolute atomic E-state index is 0.121. The van der Waals surface area contributed by atoms with E-state index in [1.54, 1.807) is 30.0 Å². The number of nitrogens with zero attached hydrogens (tertiary/aromatic N) is 3. The molecular formula is C21H22FN3O. The largest absolute Gasteiger partial charge is 0.308 e. The van der Waals surface area contributed by atoms with Crippen molar-refractivity contribution in [2.24, 2.45) is 0 Å². The van der Waals surface area contributed by atoms with Crippen molar-refractivity contribution in [3.8, 4) is 5.69 Å².